The van der Waals surface area contributed by atoms with Gasteiger partial charge in [0.25, 0.3) is 0 Å². The lowest BCUT2D eigenvalue weighted by Crippen LogP contribution is -2.52. The van der Waals surface area contributed by atoms with E-state index in [4.69, 9.17) is 4.98 Å². The third-order valence-electron chi connectivity index (χ3n) is 6.86. The number of hydrogen-bond acceptors (Lipinski definition) is 6. The number of anilines is 1. The fraction of sp³-hybridized carbons (Fsp3) is 0.560. The first kappa shape index (κ1) is 22.5. The summed E-state index contributed by atoms with van der Waals surface area (Å²) in [6, 6.07) is 0.800. The Morgan fingerprint density at radius 3 is 2.62 bits per heavy atom. The van der Waals surface area contributed by atoms with Crippen molar-refractivity contribution in [3.8, 4) is 0 Å². The van der Waals surface area contributed by atoms with Crippen LogP contribution in [0.5, 0.6) is 0 Å². The van der Waals surface area contributed by atoms with Gasteiger partial charge >= 0.3 is 0 Å². The molecule has 1 amide bonds. The number of rotatable bonds is 6. The van der Waals surface area contributed by atoms with E-state index in [1.54, 1.807) is 6.08 Å². The molecule has 172 valence electrons. The number of hydrogen-bond donors (Lipinski definition) is 1. The van der Waals surface area contributed by atoms with E-state index in [1.165, 1.54) is 31.4 Å². The van der Waals surface area contributed by atoms with Gasteiger partial charge in [-0.25, -0.2) is 9.97 Å². The molecule has 0 aromatic carbocycles. The van der Waals surface area contributed by atoms with Crippen LogP contribution >= 0.6 is 0 Å². The van der Waals surface area contributed by atoms with Crippen LogP contribution in [0.3, 0.4) is 0 Å². The lowest BCUT2D eigenvalue weighted by Gasteiger charge is -2.43. The van der Waals surface area contributed by atoms with Gasteiger partial charge in [-0.1, -0.05) is 24.6 Å². The number of carbonyl (C=O) groups is 1. The molecule has 1 aromatic heterocycles. The zero-order chi connectivity index (χ0) is 22.5. The molecule has 0 spiro atoms. The van der Waals surface area contributed by atoms with Gasteiger partial charge in [0.05, 0.1) is 5.69 Å². The molecule has 1 N–H and O–H groups in total. The van der Waals surface area contributed by atoms with Crippen molar-refractivity contribution >= 4 is 11.9 Å². The summed E-state index contributed by atoms with van der Waals surface area (Å²) in [5, 5.41) is 9.76. The number of nitrogens with zero attached hydrogens (tertiary/aromatic N) is 5. The van der Waals surface area contributed by atoms with Gasteiger partial charge in [-0.3, -0.25) is 9.69 Å². The van der Waals surface area contributed by atoms with E-state index in [9.17, 15) is 9.90 Å². The van der Waals surface area contributed by atoms with Crippen LogP contribution in [0.25, 0.3) is 0 Å². The van der Waals surface area contributed by atoms with Crippen LogP contribution in [0.15, 0.2) is 42.3 Å². The minimum Gasteiger partial charge on any atom is -0.508 e. The number of piperazine rings is 1. The van der Waals surface area contributed by atoms with Crippen LogP contribution in [0.4, 0.5) is 5.95 Å². The van der Waals surface area contributed by atoms with Crippen molar-refractivity contribution in [1.29, 1.82) is 0 Å². The standard InChI is InChI=1S/C25H35N5O2/c1-3-5-22(31)16-19(2)17-24(32)29-10-8-20-18-26-25(27-23(20)9-11-29)30-14-12-28(13-15-30)21-6-4-7-21/h3,5,16,18,21,31H,1,4,6-15,17H2,2H3/b19-16+,22-5+. The molecule has 0 atom stereocenters. The molecule has 7 heteroatoms. The van der Waals surface area contributed by atoms with Crippen molar-refractivity contribution in [3.05, 3.63) is 53.6 Å². The molecule has 1 aliphatic carbocycles. The second kappa shape index (κ2) is 10.3. The minimum atomic E-state index is 0.0817. The summed E-state index contributed by atoms with van der Waals surface area (Å²) in [6.07, 6.45) is 12.5. The van der Waals surface area contributed by atoms with Gasteiger partial charge in [0.15, 0.2) is 0 Å². The Balaban J connectivity index is 1.33. The van der Waals surface area contributed by atoms with Gasteiger partial charge in [0.1, 0.15) is 5.76 Å². The summed E-state index contributed by atoms with van der Waals surface area (Å²) in [5.74, 6) is 1.03. The van der Waals surface area contributed by atoms with Crippen molar-refractivity contribution < 1.29 is 9.90 Å². The number of fused-ring (bicyclic) bond motifs is 1. The fourth-order valence-corrected chi connectivity index (χ4v) is 4.73. The molecule has 2 fully saturated rings. The Morgan fingerprint density at radius 1 is 1.19 bits per heavy atom. The van der Waals surface area contributed by atoms with Gasteiger partial charge in [-0.05, 0) is 43.9 Å². The maximum absolute atomic E-state index is 12.8. The highest BCUT2D eigenvalue weighted by molar-refractivity contribution is 5.78. The monoisotopic (exact) mass is 437 g/mol. The first-order chi connectivity index (χ1) is 15.5. The Morgan fingerprint density at radius 2 is 1.94 bits per heavy atom. The molecule has 0 bridgehead atoms. The van der Waals surface area contributed by atoms with E-state index in [-0.39, 0.29) is 11.7 Å². The third kappa shape index (κ3) is 5.38. The van der Waals surface area contributed by atoms with Gasteiger partial charge < -0.3 is 14.9 Å². The predicted molar refractivity (Wildman–Crippen MR) is 127 cm³/mol. The molecule has 0 unspecified atom stereocenters. The highest BCUT2D eigenvalue weighted by Gasteiger charge is 2.29. The summed E-state index contributed by atoms with van der Waals surface area (Å²) in [7, 11) is 0. The van der Waals surface area contributed by atoms with Crippen LogP contribution in [0.2, 0.25) is 0 Å². The van der Waals surface area contributed by atoms with Gasteiger partial charge in [-0.2, -0.15) is 0 Å². The number of aromatic nitrogens is 2. The Bertz CT molecular complexity index is 898. The largest absolute Gasteiger partial charge is 0.508 e. The summed E-state index contributed by atoms with van der Waals surface area (Å²) in [6.45, 7) is 10.9. The van der Waals surface area contributed by atoms with E-state index in [0.29, 0.717) is 19.5 Å². The predicted octanol–water partition coefficient (Wildman–Crippen LogP) is 3.04. The molecule has 0 radical (unpaired) electrons. The molecule has 2 aliphatic heterocycles. The van der Waals surface area contributed by atoms with Crippen LogP contribution in [0, 0.1) is 0 Å². The normalized spacial score (nSPS) is 21.0. The number of aliphatic hydroxyl groups is 1. The van der Waals surface area contributed by atoms with Crippen LogP contribution in [-0.2, 0) is 17.6 Å². The van der Waals surface area contributed by atoms with E-state index in [1.807, 2.05) is 18.0 Å². The van der Waals surface area contributed by atoms with Gasteiger partial charge in [0.2, 0.25) is 11.9 Å². The maximum Gasteiger partial charge on any atom is 0.226 e. The summed E-state index contributed by atoms with van der Waals surface area (Å²) >= 11 is 0. The van der Waals surface area contributed by atoms with Crippen molar-refractivity contribution in [3.63, 3.8) is 0 Å². The minimum absolute atomic E-state index is 0.0817. The van der Waals surface area contributed by atoms with Crippen molar-refractivity contribution in [2.75, 3.05) is 44.2 Å². The second-order valence-electron chi connectivity index (χ2n) is 9.13. The molecule has 1 saturated carbocycles. The molecule has 32 heavy (non-hydrogen) atoms. The first-order valence-corrected chi connectivity index (χ1v) is 11.8. The van der Waals surface area contributed by atoms with Crippen molar-refractivity contribution in [2.24, 2.45) is 0 Å². The number of aliphatic hydroxyl groups excluding tert-OH is 1. The molecular weight excluding hydrogens is 402 g/mol. The molecule has 1 saturated heterocycles. The topological polar surface area (TPSA) is 72.8 Å². The molecule has 3 heterocycles. The Hall–Kier alpha value is -2.67. The first-order valence-electron chi connectivity index (χ1n) is 11.8. The second-order valence-corrected chi connectivity index (χ2v) is 9.13. The average Bonchev–Trinajstić information content (AvgIpc) is 2.95. The van der Waals surface area contributed by atoms with Crippen LogP contribution in [-0.4, -0.2) is 76.1 Å². The lowest BCUT2D eigenvalue weighted by molar-refractivity contribution is -0.130. The highest BCUT2D eigenvalue weighted by Crippen LogP contribution is 2.26. The smallest absolute Gasteiger partial charge is 0.226 e. The van der Waals surface area contributed by atoms with Crippen molar-refractivity contribution in [1.82, 2.24) is 19.8 Å². The van der Waals surface area contributed by atoms with E-state index >= 15 is 0 Å². The molecule has 1 aromatic rings. The van der Waals surface area contributed by atoms with Crippen LogP contribution in [0.1, 0.15) is 43.9 Å². The summed E-state index contributed by atoms with van der Waals surface area (Å²) in [5.41, 5.74) is 3.05. The van der Waals surface area contributed by atoms with Crippen molar-refractivity contribution in [2.45, 2.75) is 51.5 Å². The van der Waals surface area contributed by atoms with E-state index < -0.39 is 0 Å². The van der Waals surface area contributed by atoms with E-state index in [2.05, 4.69) is 21.4 Å². The van der Waals surface area contributed by atoms with Gasteiger partial charge in [0, 0.05) is 64.3 Å². The third-order valence-corrected chi connectivity index (χ3v) is 6.86. The van der Waals surface area contributed by atoms with Crippen LogP contribution < -0.4 is 4.90 Å². The van der Waals surface area contributed by atoms with Gasteiger partial charge in [-0.15, -0.1) is 0 Å². The zero-order valence-electron chi connectivity index (χ0n) is 19.2. The van der Waals surface area contributed by atoms with E-state index in [0.717, 1.165) is 67.8 Å². The average molecular weight is 438 g/mol. The SMILES string of the molecule is C=C/C=C(O)\C=C(/C)CC(=O)N1CCc2cnc(N3CCN(C4CCC4)CC3)nc2CC1. The number of allylic oxidation sites excluding steroid dienone is 3. The summed E-state index contributed by atoms with van der Waals surface area (Å²) < 4.78 is 0. The highest BCUT2D eigenvalue weighted by atomic mass is 16.3. The Kier molecular flexibility index (Phi) is 7.25. The molecule has 7 nitrogen and oxygen atoms in total. The molecular formula is C25H35N5O2. The fourth-order valence-electron chi connectivity index (χ4n) is 4.73. The lowest BCUT2D eigenvalue weighted by atomic mass is 9.91. The number of amides is 1. The zero-order valence-corrected chi connectivity index (χ0v) is 19.2. The quantitative estimate of drug-likeness (QED) is 0.545. The maximum atomic E-state index is 12.8. The number of carbonyl (C=O) groups excluding carboxylic acids is 1. The molecule has 4 rings (SSSR count). The summed E-state index contributed by atoms with van der Waals surface area (Å²) in [4.78, 5) is 29.2. The Labute approximate surface area is 191 Å². The molecule has 3 aliphatic rings.